The van der Waals surface area contributed by atoms with Crippen LogP contribution in [0.1, 0.15) is 45.3 Å². The van der Waals surface area contributed by atoms with Crippen LogP contribution in [0.4, 0.5) is 5.82 Å². The molecule has 0 spiro atoms. The Morgan fingerprint density at radius 2 is 2.06 bits per heavy atom. The van der Waals surface area contributed by atoms with Crippen molar-refractivity contribution in [2.45, 2.75) is 50.9 Å². The molecule has 0 bridgehead atoms. The number of hydrogen-bond donors (Lipinski definition) is 2. The van der Waals surface area contributed by atoms with Gasteiger partial charge in [-0.2, -0.15) is 0 Å². The molecule has 1 aromatic rings. The van der Waals surface area contributed by atoms with E-state index in [0.29, 0.717) is 6.04 Å². The highest BCUT2D eigenvalue weighted by Gasteiger charge is 2.14. The summed E-state index contributed by atoms with van der Waals surface area (Å²) in [7, 11) is 0. The fraction of sp³-hybridized carbons (Fsp3) is 0.667. The van der Waals surface area contributed by atoms with E-state index in [1.165, 1.54) is 11.8 Å². The number of nitrogens with zero attached hydrogens (tertiary/aromatic N) is 2. The van der Waals surface area contributed by atoms with Gasteiger partial charge in [0, 0.05) is 17.8 Å². The van der Waals surface area contributed by atoms with E-state index in [9.17, 15) is 5.11 Å². The van der Waals surface area contributed by atoms with E-state index in [2.05, 4.69) is 29.1 Å². The molecule has 1 unspecified atom stereocenters. The highest BCUT2D eigenvalue weighted by molar-refractivity contribution is 7.98. The monoisotopic (exact) mass is 255 g/mol. The van der Waals surface area contributed by atoms with Crippen LogP contribution in [-0.2, 0) is 0 Å². The lowest BCUT2D eigenvalue weighted by Gasteiger charge is -2.19. The summed E-state index contributed by atoms with van der Waals surface area (Å²) in [5.74, 6) is 0.757. The van der Waals surface area contributed by atoms with Crippen molar-refractivity contribution in [3.05, 3.63) is 11.8 Å². The third-order valence-corrected chi connectivity index (χ3v) is 3.32. The number of hydrogen-bond acceptors (Lipinski definition) is 5. The van der Waals surface area contributed by atoms with Crippen LogP contribution in [-0.4, -0.2) is 27.4 Å². The Hall–Kier alpha value is -0.810. The molecule has 1 heterocycles. The Labute approximate surface area is 107 Å². The predicted molar refractivity (Wildman–Crippen MR) is 72.4 cm³/mol. The molecule has 0 saturated carbocycles. The van der Waals surface area contributed by atoms with Gasteiger partial charge in [-0.3, -0.25) is 0 Å². The van der Waals surface area contributed by atoms with Crippen molar-refractivity contribution in [3.8, 4) is 0 Å². The van der Waals surface area contributed by atoms with Crippen molar-refractivity contribution in [1.29, 1.82) is 0 Å². The summed E-state index contributed by atoms with van der Waals surface area (Å²) < 4.78 is 0. The highest BCUT2D eigenvalue weighted by Crippen LogP contribution is 2.23. The number of anilines is 1. The van der Waals surface area contributed by atoms with Gasteiger partial charge in [0.05, 0.1) is 6.10 Å². The molecule has 1 rings (SSSR count). The van der Waals surface area contributed by atoms with Gasteiger partial charge < -0.3 is 10.4 Å². The first-order valence-corrected chi connectivity index (χ1v) is 7.20. The first-order chi connectivity index (χ1) is 8.12. The lowest BCUT2D eigenvalue weighted by molar-refractivity contribution is 0.199. The topological polar surface area (TPSA) is 58.0 Å². The molecule has 0 aliphatic carbocycles. The summed E-state index contributed by atoms with van der Waals surface area (Å²) in [6, 6.07) is 0.386. The number of nitrogens with one attached hydrogen (secondary N) is 1. The second kappa shape index (κ2) is 6.81. The fourth-order valence-electron chi connectivity index (χ4n) is 1.58. The Morgan fingerprint density at radius 3 is 2.53 bits per heavy atom. The maximum atomic E-state index is 9.70. The zero-order valence-corrected chi connectivity index (χ0v) is 11.7. The molecule has 1 atom stereocenters. The Morgan fingerprint density at radius 1 is 1.41 bits per heavy atom. The van der Waals surface area contributed by atoms with Gasteiger partial charge in [0.15, 0.2) is 5.16 Å². The molecule has 96 valence electrons. The van der Waals surface area contributed by atoms with Crippen molar-refractivity contribution in [3.63, 3.8) is 0 Å². The minimum absolute atomic E-state index is 0.386. The van der Waals surface area contributed by atoms with E-state index in [0.717, 1.165) is 29.4 Å². The van der Waals surface area contributed by atoms with Gasteiger partial charge in [-0.1, -0.05) is 25.6 Å². The van der Waals surface area contributed by atoms with E-state index in [1.54, 1.807) is 13.1 Å². The zero-order valence-electron chi connectivity index (χ0n) is 10.9. The first-order valence-electron chi connectivity index (χ1n) is 5.97. The van der Waals surface area contributed by atoms with E-state index in [4.69, 9.17) is 0 Å². The molecule has 0 fully saturated rings. The molecule has 4 nitrogen and oxygen atoms in total. The van der Waals surface area contributed by atoms with Crippen molar-refractivity contribution < 1.29 is 5.11 Å². The predicted octanol–water partition coefficient (Wildman–Crippen LogP) is 2.85. The van der Waals surface area contributed by atoms with E-state index < -0.39 is 6.10 Å². The van der Waals surface area contributed by atoms with E-state index >= 15 is 0 Å². The number of rotatable bonds is 6. The molecular weight excluding hydrogens is 234 g/mol. The Bertz CT molecular complexity index is 354. The second-order valence-corrected chi connectivity index (χ2v) is 4.77. The van der Waals surface area contributed by atoms with Gasteiger partial charge in [0.25, 0.3) is 0 Å². The quantitative estimate of drug-likeness (QED) is 0.604. The molecule has 0 aromatic carbocycles. The molecule has 0 radical (unpaired) electrons. The molecule has 5 heteroatoms. The normalized spacial score (nSPS) is 12.8. The summed E-state index contributed by atoms with van der Waals surface area (Å²) >= 11 is 1.50. The molecule has 0 amide bonds. The van der Waals surface area contributed by atoms with Crippen LogP contribution >= 0.6 is 11.8 Å². The lowest BCUT2D eigenvalue weighted by Crippen LogP contribution is -2.20. The summed E-state index contributed by atoms with van der Waals surface area (Å²) in [6.45, 7) is 6.01. The van der Waals surface area contributed by atoms with E-state index in [-0.39, 0.29) is 0 Å². The van der Waals surface area contributed by atoms with Crippen LogP contribution in [0.15, 0.2) is 11.4 Å². The zero-order chi connectivity index (χ0) is 12.8. The average Bonchev–Trinajstić information content (AvgIpc) is 2.35. The van der Waals surface area contributed by atoms with Gasteiger partial charge in [0.1, 0.15) is 5.82 Å². The molecule has 0 aliphatic heterocycles. The highest BCUT2D eigenvalue weighted by atomic mass is 32.2. The smallest absolute Gasteiger partial charge is 0.189 e. The van der Waals surface area contributed by atoms with Crippen molar-refractivity contribution in [1.82, 2.24) is 9.97 Å². The molecule has 2 N–H and O–H groups in total. The van der Waals surface area contributed by atoms with Gasteiger partial charge >= 0.3 is 0 Å². The number of aliphatic hydroxyl groups excluding tert-OH is 1. The van der Waals surface area contributed by atoms with Crippen LogP contribution in [0.3, 0.4) is 0 Å². The Balaban J connectivity index is 3.00. The molecular formula is C12H21N3OS. The van der Waals surface area contributed by atoms with Gasteiger partial charge in [0.2, 0.25) is 0 Å². The van der Waals surface area contributed by atoms with Gasteiger partial charge in [-0.25, -0.2) is 9.97 Å². The standard InChI is InChI=1S/C12H21N3OS/c1-5-9(6-2)14-11-10(8(3)16)7-13-12(15-11)17-4/h7-9,16H,5-6H2,1-4H3,(H,13,14,15). The Kier molecular flexibility index (Phi) is 5.71. The van der Waals surface area contributed by atoms with E-state index in [1.807, 2.05) is 6.26 Å². The van der Waals surface area contributed by atoms with Crippen LogP contribution in [0.5, 0.6) is 0 Å². The molecule has 1 aromatic heterocycles. The van der Waals surface area contributed by atoms with Gasteiger partial charge in [-0.05, 0) is 26.0 Å². The lowest BCUT2D eigenvalue weighted by atomic mass is 10.1. The largest absolute Gasteiger partial charge is 0.389 e. The van der Waals surface area contributed by atoms with Crippen LogP contribution < -0.4 is 5.32 Å². The maximum Gasteiger partial charge on any atom is 0.189 e. The molecule has 17 heavy (non-hydrogen) atoms. The third kappa shape index (κ3) is 3.85. The minimum Gasteiger partial charge on any atom is -0.389 e. The SMILES string of the molecule is CCC(CC)Nc1nc(SC)ncc1C(C)O. The second-order valence-electron chi connectivity index (χ2n) is 3.99. The summed E-state index contributed by atoms with van der Waals surface area (Å²) in [6.07, 6.45) is 5.16. The van der Waals surface area contributed by atoms with Crippen LogP contribution in [0, 0.1) is 0 Å². The summed E-state index contributed by atoms with van der Waals surface area (Å²) in [4.78, 5) is 8.62. The molecule has 0 aliphatic rings. The van der Waals surface area contributed by atoms with Crippen LogP contribution in [0.2, 0.25) is 0 Å². The minimum atomic E-state index is -0.553. The third-order valence-electron chi connectivity index (χ3n) is 2.75. The fourth-order valence-corrected chi connectivity index (χ4v) is 1.92. The number of thioether (sulfide) groups is 1. The summed E-state index contributed by atoms with van der Waals surface area (Å²) in [5.41, 5.74) is 0.759. The van der Waals surface area contributed by atoms with Crippen molar-refractivity contribution in [2.75, 3.05) is 11.6 Å². The maximum absolute atomic E-state index is 9.70. The number of aliphatic hydroxyl groups is 1. The average molecular weight is 255 g/mol. The molecule has 0 saturated heterocycles. The summed E-state index contributed by atoms with van der Waals surface area (Å²) in [5, 5.41) is 13.8. The first kappa shape index (κ1) is 14.3. The van der Waals surface area contributed by atoms with Crippen LogP contribution in [0.25, 0.3) is 0 Å². The van der Waals surface area contributed by atoms with Crippen molar-refractivity contribution in [2.24, 2.45) is 0 Å². The van der Waals surface area contributed by atoms with Crippen molar-refractivity contribution >= 4 is 17.6 Å². The number of aromatic nitrogens is 2. The van der Waals surface area contributed by atoms with Gasteiger partial charge in [-0.15, -0.1) is 0 Å².